The van der Waals surface area contributed by atoms with E-state index in [0.29, 0.717) is 6.04 Å². The summed E-state index contributed by atoms with van der Waals surface area (Å²) < 4.78 is 1.12. The lowest BCUT2D eigenvalue weighted by molar-refractivity contribution is 0.679. The Hall–Kier alpha value is -1.28. The Morgan fingerprint density at radius 1 is 1.00 bits per heavy atom. The molecule has 18 heavy (non-hydrogen) atoms. The lowest BCUT2D eigenvalue weighted by Crippen LogP contribution is -2.12. The van der Waals surface area contributed by atoms with Gasteiger partial charge in [0.15, 0.2) is 0 Å². The van der Waals surface area contributed by atoms with Crippen molar-refractivity contribution in [2.24, 2.45) is 5.92 Å². The lowest BCUT2D eigenvalue weighted by Gasteiger charge is -2.20. The molecule has 1 aliphatic carbocycles. The predicted molar refractivity (Wildman–Crippen MR) is 79.7 cm³/mol. The van der Waals surface area contributed by atoms with Gasteiger partial charge in [-0.15, -0.1) is 0 Å². The van der Waals surface area contributed by atoms with E-state index in [9.17, 15) is 0 Å². The fourth-order valence-corrected chi connectivity index (χ4v) is 2.72. The average Bonchev–Trinajstić information content (AvgIpc) is 3.21. The number of nitrogens with one attached hydrogen (secondary N) is 1. The van der Waals surface area contributed by atoms with Crippen molar-refractivity contribution in [2.75, 3.05) is 5.32 Å². The minimum Gasteiger partial charge on any atom is -0.378 e. The minimum absolute atomic E-state index is 0.445. The van der Waals surface area contributed by atoms with Crippen LogP contribution in [0.15, 0.2) is 59.1 Å². The van der Waals surface area contributed by atoms with Crippen LogP contribution in [0.25, 0.3) is 0 Å². The van der Waals surface area contributed by atoms with Crippen molar-refractivity contribution in [3.8, 4) is 0 Å². The van der Waals surface area contributed by atoms with Gasteiger partial charge in [0.25, 0.3) is 0 Å². The molecule has 0 heterocycles. The standard InChI is InChI=1S/C16H16BrN/c17-14-7-4-8-15(11-14)18-16(13-9-10-13)12-5-2-1-3-6-12/h1-8,11,13,16,18H,9-10H2. The molecule has 1 aliphatic rings. The van der Waals surface area contributed by atoms with Crippen molar-refractivity contribution < 1.29 is 0 Å². The molecule has 0 saturated heterocycles. The van der Waals surface area contributed by atoms with Crippen LogP contribution in [-0.2, 0) is 0 Å². The fraction of sp³-hybridized carbons (Fsp3) is 0.250. The summed E-state index contributed by atoms with van der Waals surface area (Å²) in [6.07, 6.45) is 2.67. The van der Waals surface area contributed by atoms with E-state index < -0.39 is 0 Å². The molecule has 0 aromatic heterocycles. The Labute approximate surface area is 116 Å². The van der Waals surface area contributed by atoms with Crippen molar-refractivity contribution in [2.45, 2.75) is 18.9 Å². The molecule has 1 unspecified atom stereocenters. The number of hydrogen-bond acceptors (Lipinski definition) is 1. The van der Waals surface area contributed by atoms with Gasteiger partial charge in [0.05, 0.1) is 6.04 Å². The minimum atomic E-state index is 0.445. The molecule has 2 aromatic carbocycles. The maximum atomic E-state index is 3.67. The van der Waals surface area contributed by atoms with Crippen LogP contribution < -0.4 is 5.32 Å². The van der Waals surface area contributed by atoms with Gasteiger partial charge >= 0.3 is 0 Å². The summed E-state index contributed by atoms with van der Waals surface area (Å²) >= 11 is 3.52. The van der Waals surface area contributed by atoms with Crippen molar-refractivity contribution in [3.63, 3.8) is 0 Å². The molecule has 1 N–H and O–H groups in total. The second-order valence-corrected chi connectivity index (χ2v) is 5.80. The van der Waals surface area contributed by atoms with Gasteiger partial charge in [0.1, 0.15) is 0 Å². The first-order valence-corrected chi connectivity index (χ1v) is 7.19. The Bertz CT molecular complexity index is 520. The van der Waals surface area contributed by atoms with E-state index in [0.717, 1.165) is 10.4 Å². The van der Waals surface area contributed by atoms with Crippen molar-refractivity contribution in [1.82, 2.24) is 0 Å². The van der Waals surface area contributed by atoms with Gasteiger partial charge in [-0.2, -0.15) is 0 Å². The largest absolute Gasteiger partial charge is 0.378 e. The molecule has 0 amide bonds. The highest BCUT2D eigenvalue weighted by molar-refractivity contribution is 9.10. The number of hydrogen-bond donors (Lipinski definition) is 1. The molecular weight excluding hydrogens is 286 g/mol. The molecule has 1 saturated carbocycles. The van der Waals surface area contributed by atoms with Crippen molar-refractivity contribution in [1.29, 1.82) is 0 Å². The first-order chi connectivity index (χ1) is 8.83. The smallest absolute Gasteiger partial charge is 0.0542 e. The summed E-state index contributed by atoms with van der Waals surface area (Å²) in [4.78, 5) is 0. The monoisotopic (exact) mass is 301 g/mol. The second-order valence-electron chi connectivity index (χ2n) is 4.88. The van der Waals surface area contributed by atoms with Crippen LogP contribution in [0.3, 0.4) is 0 Å². The molecule has 0 aliphatic heterocycles. The lowest BCUT2D eigenvalue weighted by atomic mass is 10.0. The van der Waals surface area contributed by atoms with Gasteiger partial charge in [-0.1, -0.05) is 52.3 Å². The van der Waals surface area contributed by atoms with Gasteiger partial charge in [-0.25, -0.2) is 0 Å². The first-order valence-electron chi connectivity index (χ1n) is 6.40. The number of halogens is 1. The summed E-state index contributed by atoms with van der Waals surface area (Å²) in [6, 6.07) is 19.6. The zero-order chi connectivity index (χ0) is 12.4. The summed E-state index contributed by atoms with van der Waals surface area (Å²) in [5, 5.41) is 3.67. The van der Waals surface area contributed by atoms with E-state index in [-0.39, 0.29) is 0 Å². The summed E-state index contributed by atoms with van der Waals surface area (Å²) in [7, 11) is 0. The SMILES string of the molecule is Brc1cccc(NC(c2ccccc2)C2CC2)c1. The van der Waals surface area contributed by atoms with E-state index in [1.54, 1.807) is 0 Å². The number of anilines is 1. The first kappa shape index (κ1) is 11.8. The Balaban J connectivity index is 1.83. The van der Waals surface area contributed by atoms with E-state index in [1.165, 1.54) is 24.1 Å². The normalized spacial score (nSPS) is 16.3. The van der Waals surface area contributed by atoms with Crippen LogP contribution in [0.1, 0.15) is 24.4 Å². The third kappa shape index (κ3) is 2.75. The van der Waals surface area contributed by atoms with Gasteiger partial charge in [0.2, 0.25) is 0 Å². The molecule has 1 atom stereocenters. The van der Waals surface area contributed by atoms with Gasteiger partial charge in [-0.05, 0) is 42.5 Å². The molecular formula is C16H16BrN. The molecule has 0 spiro atoms. The van der Waals surface area contributed by atoms with Crippen molar-refractivity contribution >= 4 is 21.6 Å². The molecule has 3 rings (SSSR count). The highest BCUT2D eigenvalue weighted by Gasteiger charge is 2.32. The number of benzene rings is 2. The van der Waals surface area contributed by atoms with Crippen LogP contribution >= 0.6 is 15.9 Å². The molecule has 0 bridgehead atoms. The van der Waals surface area contributed by atoms with Crippen LogP contribution in [0, 0.1) is 5.92 Å². The topological polar surface area (TPSA) is 12.0 Å². The molecule has 1 nitrogen and oxygen atoms in total. The van der Waals surface area contributed by atoms with E-state index in [2.05, 4.69) is 75.8 Å². The van der Waals surface area contributed by atoms with Crippen LogP contribution in [-0.4, -0.2) is 0 Å². The van der Waals surface area contributed by atoms with Crippen LogP contribution in [0.4, 0.5) is 5.69 Å². The Morgan fingerprint density at radius 2 is 1.78 bits per heavy atom. The predicted octanol–water partition coefficient (Wildman–Crippen LogP) is 5.01. The Kier molecular flexibility index (Phi) is 3.37. The van der Waals surface area contributed by atoms with Crippen LogP contribution in [0.5, 0.6) is 0 Å². The molecule has 2 heteroatoms. The zero-order valence-electron chi connectivity index (χ0n) is 10.1. The maximum Gasteiger partial charge on any atom is 0.0542 e. The third-order valence-corrected chi connectivity index (χ3v) is 3.89. The fourth-order valence-electron chi connectivity index (χ4n) is 2.32. The molecule has 92 valence electrons. The van der Waals surface area contributed by atoms with Crippen LogP contribution in [0.2, 0.25) is 0 Å². The maximum absolute atomic E-state index is 3.67. The van der Waals surface area contributed by atoms with Gasteiger partial charge in [0, 0.05) is 10.2 Å². The highest BCUT2D eigenvalue weighted by Crippen LogP contribution is 2.42. The molecule has 1 fully saturated rings. The summed E-state index contributed by atoms with van der Waals surface area (Å²) in [6.45, 7) is 0. The van der Waals surface area contributed by atoms with Gasteiger partial charge < -0.3 is 5.32 Å². The molecule has 0 radical (unpaired) electrons. The summed E-state index contributed by atoms with van der Waals surface area (Å²) in [5.41, 5.74) is 2.57. The number of rotatable bonds is 4. The van der Waals surface area contributed by atoms with E-state index >= 15 is 0 Å². The zero-order valence-corrected chi connectivity index (χ0v) is 11.7. The van der Waals surface area contributed by atoms with Crippen molar-refractivity contribution in [3.05, 3.63) is 64.6 Å². The van der Waals surface area contributed by atoms with E-state index in [1.807, 2.05) is 0 Å². The highest BCUT2D eigenvalue weighted by atomic mass is 79.9. The quantitative estimate of drug-likeness (QED) is 0.837. The van der Waals surface area contributed by atoms with Gasteiger partial charge in [-0.3, -0.25) is 0 Å². The average molecular weight is 302 g/mol. The Morgan fingerprint density at radius 3 is 2.44 bits per heavy atom. The summed E-state index contributed by atoms with van der Waals surface area (Å²) in [5.74, 6) is 0.784. The second kappa shape index (κ2) is 5.15. The van der Waals surface area contributed by atoms with E-state index in [4.69, 9.17) is 0 Å². The molecule has 2 aromatic rings. The third-order valence-electron chi connectivity index (χ3n) is 3.40.